The Morgan fingerprint density at radius 2 is 1.30 bits per heavy atom. The zero-order valence-electron chi connectivity index (χ0n) is 14.9. The Labute approximate surface area is 156 Å². The number of furan rings is 1. The van der Waals surface area contributed by atoms with Gasteiger partial charge < -0.3 is 8.98 Å². The van der Waals surface area contributed by atoms with Crippen molar-refractivity contribution in [2.24, 2.45) is 0 Å². The lowest BCUT2D eigenvalue weighted by Crippen LogP contribution is -1.93. The van der Waals surface area contributed by atoms with Gasteiger partial charge in [-0.2, -0.15) is 0 Å². The first kappa shape index (κ1) is 14.6. The van der Waals surface area contributed by atoms with Crippen molar-refractivity contribution in [1.29, 1.82) is 0 Å². The Morgan fingerprint density at radius 1 is 0.593 bits per heavy atom. The van der Waals surface area contributed by atoms with Gasteiger partial charge in [0.2, 0.25) is 0 Å². The minimum absolute atomic E-state index is 0.955. The lowest BCUT2D eigenvalue weighted by molar-refractivity contribution is 0.668. The topological polar surface area (TPSA) is 18.1 Å². The van der Waals surface area contributed by atoms with E-state index in [4.69, 9.17) is 4.42 Å². The van der Waals surface area contributed by atoms with Crippen molar-refractivity contribution in [3.05, 3.63) is 90.5 Å². The summed E-state index contributed by atoms with van der Waals surface area (Å²) in [7, 11) is 0. The number of hydrogen-bond donors (Lipinski definition) is 0. The van der Waals surface area contributed by atoms with Crippen LogP contribution in [0.15, 0.2) is 89.3 Å². The second-order valence-electron chi connectivity index (χ2n) is 7.08. The fourth-order valence-corrected chi connectivity index (χ4v) is 4.29. The number of aromatic nitrogens is 1. The maximum absolute atomic E-state index is 6.47. The lowest BCUT2D eigenvalue weighted by Gasteiger charge is -2.07. The Morgan fingerprint density at radius 3 is 2.19 bits per heavy atom. The number of fused-ring (bicyclic) bond motifs is 7. The fraction of sp³-hybridized carbons (Fsp3) is 0.0400. The van der Waals surface area contributed by atoms with Crippen LogP contribution in [-0.4, -0.2) is 4.57 Å². The quantitative estimate of drug-likeness (QED) is 0.313. The molecule has 2 heteroatoms. The Balaban J connectivity index is 1.92. The highest BCUT2D eigenvalue weighted by atomic mass is 16.3. The average Bonchev–Trinajstić information content (AvgIpc) is 3.25. The van der Waals surface area contributed by atoms with Crippen molar-refractivity contribution in [3.8, 4) is 5.69 Å². The van der Waals surface area contributed by atoms with Gasteiger partial charge in [-0.15, -0.1) is 0 Å². The minimum Gasteiger partial charge on any atom is -0.454 e. The summed E-state index contributed by atoms with van der Waals surface area (Å²) in [4.78, 5) is 0. The molecule has 0 aliphatic carbocycles. The van der Waals surface area contributed by atoms with Crippen molar-refractivity contribution in [2.75, 3.05) is 0 Å². The normalized spacial score (nSPS) is 11.9. The molecule has 0 saturated carbocycles. The van der Waals surface area contributed by atoms with E-state index in [2.05, 4.69) is 96.4 Å². The fourth-order valence-electron chi connectivity index (χ4n) is 4.29. The Kier molecular flexibility index (Phi) is 2.84. The third kappa shape index (κ3) is 1.90. The van der Waals surface area contributed by atoms with Gasteiger partial charge in [0.15, 0.2) is 5.58 Å². The average molecular weight is 347 g/mol. The molecule has 0 aliphatic rings. The van der Waals surface area contributed by atoms with Gasteiger partial charge in [-0.25, -0.2) is 0 Å². The van der Waals surface area contributed by atoms with Gasteiger partial charge in [0.05, 0.1) is 11.0 Å². The molecule has 0 fully saturated rings. The monoisotopic (exact) mass is 347 g/mol. The third-order valence-corrected chi connectivity index (χ3v) is 5.51. The van der Waals surface area contributed by atoms with E-state index in [9.17, 15) is 0 Å². The molecule has 0 bridgehead atoms. The van der Waals surface area contributed by atoms with Crippen LogP contribution in [0.25, 0.3) is 49.4 Å². The van der Waals surface area contributed by atoms with E-state index >= 15 is 0 Å². The maximum atomic E-state index is 6.47. The Bertz CT molecular complexity index is 1470. The number of para-hydroxylation sites is 3. The molecule has 2 heterocycles. The molecule has 0 radical (unpaired) electrons. The van der Waals surface area contributed by atoms with Crippen molar-refractivity contribution in [3.63, 3.8) is 0 Å². The summed E-state index contributed by atoms with van der Waals surface area (Å²) >= 11 is 0. The first-order valence-corrected chi connectivity index (χ1v) is 9.22. The maximum Gasteiger partial charge on any atom is 0.160 e. The molecule has 0 aliphatic heterocycles. The number of benzene rings is 4. The number of rotatable bonds is 1. The predicted octanol–water partition coefficient (Wildman–Crippen LogP) is 6.99. The van der Waals surface area contributed by atoms with E-state index in [1.807, 2.05) is 0 Å². The van der Waals surface area contributed by atoms with Crippen LogP contribution in [0.2, 0.25) is 0 Å². The SMILES string of the molecule is Cc1cccc2c1oc1c2ccc2c3ccccc3n(-c3ccccc3)c21. The smallest absolute Gasteiger partial charge is 0.160 e. The van der Waals surface area contributed by atoms with Crippen molar-refractivity contribution in [1.82, 2.24) is 4.57 Å². The largest absolute Gasteiger partial charge is 0.454 e. The van der Waals surface area contributed by atoms with Crippen LogP contribution >= 0.6 is 0 Å². The lowest BCUT2D eigenvalue weighted by atomic mass is 10.1. The van der Waals surface area contributed by atoms with E-state index in [-0.39, 0.29) is 0 Å². The van der Waals surface area contributed by atoms with Crippen LogP contribution in [0.3, 0.4) is 0 Å². The molecule has 6 aromatic rings. The molecular formula is C25H17NO. The molecule has 0 atom stereocenters. The summed E-state index contributed by atoms with van der Waals surface area (Å²) in [5.74, 6) is 0. The van der Waals surface area contributed by atoms with E-state index < -0.39 is 0 Å². The van der Waals surface area contributed by atoms with E-state index in [0.29, 0.717) is 0 Å². The summed E-state index contributed by atoms with van der Waals surface area (Å²) in [5.41, 5.74) is 6.58. The van der Waals surface area contributed by atoms with E-state index in [1.165, 1.54) is 32.6 Å². The summed E-state index contributed by atoms with van der Waals surface area (Å²) in [5, 5.41) is 4.81. The zero-order chi connectivity index (χ0) is 18.0. The van der Waals surface area contributed by atoms with Gasteiger partial charge in [-0.1, -0.05) is 60.7 Å². The second-order valence-corrected chi connectivity index (χ2v) is 7.08. The van der Waals surface area contributed by atoms with Gasteiger partial charge >= 0.3 is 0 Å². The molecule has 0 unspecified atom stereocenters. The summed E-state index contributed by atoms with van der Waals surface area (Å²) in [6.45, 7) is 2.11. The number of nitrogens with zero attached hydrogens (tertiary/aromatic N) is 1. The molecule has 2 aromatic heterocycles. The van der Waals surface area contributed by atoms with Crippen LogP contribution in [-0.2, 0) is 0 Å². The van der Waals surface area contributed by atoms with E-state index in [1.54, 1.807) is 0 Å². The van der Waals surface area contributed by atoms with Gasteiger partial charge in [-0.05, 0) is 36.8 Å². The van der Waals surface area contributed by atoms with Crippen LogP contribution in [0.1, 0.15) is 5.56 Å². The highest BCUT2D eigenvalue weighted by Crippen LogP contribution is 2.40. The molecule has 6 rings (SSSR count). The van der Waals surface area contributed by atoms with Gasteiger partial charge in [0, 0.05) is 27.2 Å². The number of aryl methyl sites for hydroxylation is 1. The minimum atomic E-state index is 0.955. The predicted molar refractivity (Wildman–Crippen MR) is 113 cm³/mol. The summed E-state index contributed by atoms with van der Waals surface area (Å²) in [6, 6.07) is 29.9. The standard InChI is InChI=1S/C25H17NO/c1-16-8-7-12-20-21-15-14-19-18-11-5-6-13-22(18)26(17-9-3-2-4-10-17)23(19)25(21)27-24(16)20/h2-15H,1H3. The second kappa shape index (κ2) is 5.24. The highest BCUT2D eigenvalue weighted by molar-refractivity contribution is 6.21. The molecule has 2 nitrogen and oxygen atoms in total. The van der Waals surface area contributed by atoms with E-state index in [0.717, 1.165) is 22.4 Å². The molecule has 128 valence electrons. The molecule has 0 N–H and O–H groups in total. The Hall–Kier alpha value is -3.52. The summed E-state index contributed by atoms with van der Waals surface area (Å²) < 4.78 is 8.79. The van der Waals surface area contributed by atoms with Crippen molar-refractivity contribution < 1.29 is 4.42 Å². The van der Waals surface area contributed by atoms with Crippen LogP contribution in [0, 0.1) is 6.92 Å². The molecule has 0 spiro atoms. The molecule has 0 amide bonds. The number of hydrogen-bond acceptors (Lipinski definition) is 1. The van der Waals surface area contributed by atoms with Gasteiger partial charge in [-0.3, -0.25) is 0 Å². The zero-order valence-corrected chi connectivity index (χ0v) is 14.9. The van der Waals surface area contributed by atoms with Gasteiger partial charge in [0.25, 0.3) is 0 Å². The van der Waals surface area contributed by atoms with Crippen molar-refractivity contribution >= 4 is 43.7 Å². The summed E-state index contributed by atoms with van der Waals surface area (Å²) in [6.07, 6.45) is 0. The molecule has 27 heavy (non-hydrogen) atoms. The third-order valence-electron chi connectivity index (χ3n) is 5.51. The molecule has 4 aromatic carbocycles. The van der Waals surface area contributed by atoms with Crippen LogP contribution in [0.4, 0.5) is 0 Å². The molecular weight excluding hydrogens is 330 g/mol. The first-order chi connectivity index (χ1) is 13.3. The first-order valence-electron chi connectivity index (χ1n) is 9.22. The highest BCUT2D eigenvalue weighted by Gasteiger charge is 2.18. The van der Waals surface area contributed by atoms with Gasteiger partial charge in [0.1, 0.15) is 5.58 Å². The van der Waals surface area contributed by atoms with Crippen LogP contribution < -0.4 is 0 Å². The van der Waals surface area contributed by atoms with Crippen molar-refractivity contribution in [2.45, 2.75) is 6.92 Å². The molecule has 0 saturated heterocycles. The van der Waals surface area contributed by atoms with Crippen LogP contribution in [0.5, 0.6) is 0 Å².